The molecule has 0 aliphatic heterocycles. The third-order valence-electron chi connectivity index (χ3n) is 4.74. The molecule has 2 aromatic heterocycles. The van der Waals surface area contributed by atoms with Gasteiger partial charge in [0.15, 0.2) is 0 Å². The molecular formula is C22H15F5N6O2. The molecule has 0 radical (unpaired) electrons. The predicted octanol–water partition coefficient (Wildman–Crippen LogP) is 4.41. The van der Waals surface area contributed by atoms with E-state index in [-0.39, 0.29) is 29.4 Å². The van der Waals surface area contributed by atoms with Crippen LogP contribution in [0.1, 0.15) is 27.9 Å². The number of benzene rings is 2. The summed E-state index contributed by atoms with van der Waals surface area (Å²) in [6, 6.07) is 10.2. The average Bonchev–Trinajstić information content (AvgIpc) is 3.34. The maximum absolute atomic E-state index is 13.9. The molecule has 35 heavy (non-hydrogen) atoms. The van der Waals surface area contributed by atoms with Gasteiger partial charge in [-0.2, -0.15) is 18.2 Å². The Kier molecular flexibility index (Phi) is 6.66. The van der Waals surface area contributed by atoms with Gasteiger partial charge in [-0.05, 0) is 29.8 Å². The summed E-state index contributed by atoms with van der Waals surface area (Å²) in [4.78, 5) is 23.7. The van der Waals surface area contributed by atoms with E-state index < -0.39 is 35.7 Å². The monoisotopic (exact) mass is 490 g/mol. The van der Waals surface area contributed by atoms with Gasteiger partial charge in [-0.3, -0.25) is 4.79 Å². The maximum Gasteiger partial charge on any atom is 0.471 e. The zero-order valence-electron chi connectivity index (χ0n) is 17.6. The summed E-state index contributed by atoms with van der Waals surface area (Å²) in [7, 11) is 0. The first-order valence-corrected chi connectivity index (χ1v) is 9.99. The Bertz CT molecular complexity index is 1310. The summed E-state index contributed by atoms with van der Waals surface area (Å²) in [6.45, 7) is -0.0519. The second-order valence-corrected chi connectivity index (χ2v) is 7.15. The normalized spacial score (nSPS) is 12.3. The van der Waals surface area contributed by atoms with Crippen LogP contribution in [-0.4, -0.2) is 32.6 Å². The van der Waals surface area contributed by atoms with Crippen molar-refractivity contribution in [3.05, 3.63) is 89.6 Å². The fourth-order valence-corrected chi connectivity index (χ4v) is 3.01. The van der Waals surface area contributed by atoms with E-state index in [4.69, 9.17) is 0 Å². The summed E-state index contributed by atoms with van der Waals surface area (Å²) in [5.74, 6) is -3.63. The Morgan fingerprint density at radius 2 is 1.69 bits per heavy atom. The van der Waals surface area contributed by atoms with Gasteiger partial charge in [-0.25, -0.2) is 18.7 Å². The fourth-order valence-electron chi connectivity index (χ4n) is 3.01. The Hall–Kier alpha value is -4.42. The van der Waals surface area contributed by atoms with Crippen molar-refractivity contribution in [2.24, 2.45) is 0 Å². The number of hydrogen-bond acceptors (Lipinski definition) is 7. The third-order valence-corrected chi connectivity index (χ3v) is 4.74. The molecule has 4 aromatic rings. The van der Waals surface area contributed by atoms with E-state index in [0.717, 1.165) is 6.07 Å². The largest absolute Gasteiger partial charge is 0.471 e. The van der Waals surface area contributed by atoms with Crippen LogP contribution in [-0.2, 0) is 6.18 Å². The molecule has 0 aliphatic carbocycles. The van der Waals surface area contributed by atoms with Crippen molar-refractivity contribution < 1.29 is 31.3 Å². The zero-order valence-corrected chi connectivity index (χ0v) is 17.6. The topological polar surface area (TPSA) is 106 Å². The number of carbonyl (C=O) groups is 1. The zero-order chi connectivity index (χ0) is 25.0. The fraction of sp³-hybridized carbons (Fsp3) is 0.136. The van der Waals surface area contributed by atoms with Crippen LogP contribution in [0.5, 0.6) is 0 Å². The van der Waals surface area contributed by atoms with Gasteiger partial charge < -0.3 is 15.2 Å². The minimum atomic E-state index is -4.79. The minimum Gasteiger partial charge on any atom is -0.350 e. The SMILES string of the molecule is O=C(NCC(Nc1ncc(-c2noc(C(F)(F)F)n2)cn1)c1ccc(F)cc1)c1ccccc1F. The van der Waals surface area contributed by atoms with Gasteiger partial charge in [-0.1, -0.05) is 29.4 Å². The van der Waals surface area contributed by atoms with Crippen LogP contribution >= 0.6 is 0 Å². The number of anilines is 1. The van der Waals surface area contributed by atoms with E-state index in [1.165, 1.54) is 54.9 Å². The standard InChI is InChI=1S/C22H15F5N6O2/c23-14-7-5-12(6-8-14)17(11-28-19(34)15-3-1-2-4-16(15)24)31-21-29-9-13(10-30-21)18-32-20(35-33-18)22(25,26)27/h1-10,17H,11H2,(H,28,34)(H,29,30,31). The number of amides is 1. The Morgan fingerprint density at radius 1 is 1.00 bits per heavy atom. The lowest BCUT2D eigenvalue weighted by Crippen LogP contribution is -2.32. The highest BCUT2D eigenvalue weighted by Crippen LogP contribution is 2.29. The van der Waals surface area contributed by atoms with Gasteiger partial charge in [0.1, 0.15) is 11.6 Å². The van der Waals surface area contributed by atoms with Crippen LogP contribution in [0.15, 0.2) is 65.4 Å². The van der Waals surface area contributed by atoms with Gasteiger partial charge >= 0.3 is 12.1 Å². The van der Waals surface area contributed by atoms with Crippen LogP contribution in [0, 0.1) is 11.6 Å². The Morgan fingerprint density at radius 3 is 2.31 bits per heavy atom. The molecule has 1 atom stereocenters. The molecule has 0 saturated heterocycles. The lowest BCUT2D eigenvalue weighted by atomic mass is 10.1. The summed E-state index contributed by atoms with van der Waals surface area (Å²) in [5.41, 5.74) is 0.478. The van der Waals surface area contributed by atoms with Gasteiger partial charge in [-0.15, -0.1) is 0 Å². The molecule has 2 aromatic carbocycles. The first kappa shape index (κ1) is 23.7. The molecule has 4 rings (SSSR count). The van der Waals surface area contributed by atoms with Crippen molar-refractivity contribution in [2.75, 3.05) is 11.9 Å². The molecule has 2 N–H and O–H groups in total. The van der Waals surface area contributed by atoms with Crippen LogP contribution in [0.3, 0.4) is 0 Å². The van der Waals surface area contributed by atoms with E-state index in [2.05, 4.69) is 35.3 Å². The molecule has 2 heterocycles. The van der Waals surface area contributed by atoms with Crippen LogP contribution in [0.2, 0.25) is 0 Å². The molecule has 8 nitrogen and oxygen atoms in total. The van der Waals surface area contributed by atoms with Gasteiger partial charge in [0, 0.05) is 18.9 Å². The first-order chi connectivity index (χ1) is 16.7. The van der Waals surface area contributed by atoms with Crippen LogP contribution in [0.4, 0.5) is 27.9 Å². The molecule has 0 spiro atoms. The number of rotatable bonds is 7. The average molecular weight is 490 g/mol. The second kappa shape index (κ2) is 9.83. The molecule has 0 fully saturated rings. The van der Waals surface area contributed by atoms with E-state index in [9.17, 15) is 26.7 Å². The number of alkyl halides is 3. The summed E-state index contributed by atoms with van der Waals surface area (Å²) >= 11 is 0. The quantitative estimate of drug-likeness (QED) is 0.370. The molecular weight excluding hydrogens is 475 g/mol. The molecule has 1 unspecified atom stereocenters. The number of aromatic nitrogens is 4. The van der Waals surface area contributed by atoms with E-state index in [1.807, 2.05) is 0 Å². The van der Waals surface area contributed by atoms with Gasteiger partial charge in [0.2, 0.25) is 11.8 Å². The van der Waals surface area contributed by atoms with E-state index >= 15 is 0 Å². The lowest BCUT2D eigenvalue weighted by molar-refractivity contribution is -0.159. The number of halogens is 5. The Balaban J connectivity index is 1.51. The smallest absolute Gasteiger partial charge is 0.350 e. The van der Waals surface area contributed by atoms with Crippen LogP contribution < -0.4 is 10.6 Å². The van der Waals surface area contributed by atoms with Crippen molar-refractivity contribution in [1.82, 2.24) is 25.4 Å². The maximum atomic E-state index is 13.9. The number of carbonyl (C=O) groups excluding carboxylic acids is 1. The molecule has 13 heteroatoms. The van der Waals surface area contributed by atoms with Crippen molar-refractivity contribution >= 4 is 11.9 Å². The highest BCUT2D eigenvalue weighted by Gasteiger charge is 2.38. The number of hydrogen-bond donors (Lipinski definition) is 2. The van der Waals surface area contributed by atoms with Crippen LogP contribution in [0.25, 0.3) is 11.4 Å². The summed E-state index contributed by atoms with van der Waals surface area (Å²) in [6.07, 6.45) is -2.43. The minimum absolute atomic E-state index is 0.0442. The number of nitrogens with one attached hydrogen (secondary N) is 2. The highest BCUT2D eigenvalue weighted by atomic mass is 19.4. The first-order valence-electron chi connectivity index (χ1n) is 9.99. The van der Waals surface area contributed by atoms with Gasteiger partial charge in [0.05, 0.1) is 17.2 Å². The molecule has 0 bridgehead atoms. The lowest BCUT2D eigenvalue weighted by Gasteiger charge is -2.20. The Labute approximate surface area is 194 Å². The molecule has 0 aliphatic rings. The van der Waals surface area contributed by atoms with Crippen molar-refractivity contribution in [3.8, 4) is 11.4 Å². The summed E-state index contributed by atoms with van der Waals surface area (Å²) < 4.78 is 69.5. The predicted molar refractivity (Wildman–Crippen MR) is 112 cm³/mol. The van der Waals surface area contributed by atoms with Crippen molar-refractivity contribution in [3.63, 3.8) is 0 Å². The summed E-state index contributed by atoms with van der Waals surface area (Å²) in [5, 5.41) is 8.81. The number of nitrogens with zero attached hydrogens (tertiary/aromatic N) is 4. The molecule has 0 saturated carbocycles. The van der Waals surface area contributed by atoms with E-state index in [0.29, 0.717) is 5.56 Å². The third kappa shape index (κ3) is 5.75. The van der Waals surface area contributed by atoms with Crippen molar-refractivity contribution in [2.45, 2.75) is 12.2 Å². The van der Waals surface area contributed by atoms with Crippen molar-refractivity contribution in [1.29, 1.82) is 0 Å². The van der Waals surface area contributed by atoms with Gasteiger partial charge in [0.25, 0.3) is 5.91 Å². The highest BCUT2D eigenvalue weighted by molar-refractivity contribution is 5.94. The molecule has 180 valence electrons. The second-order valence-electron chi connectivity index (χ2n) is 7.15. The molecule has 1 amide bonds. The van der Waals surface area contributed by atoms with E-state index in [1.54, 1.807) is 0 Å².